The van der Waals surface area contributed by atoms with E-state index in [1.165, 1.54) is 0 Å². The van der Waals surface area contributed by atoms with Crippen molar-refractivity contribution in [2.45, 2.75) is 24.9 Å². The van der Waals surface area contributed by atoms with Crippen LogP contribution >= 0.6 is 11.8 Å². The number of aromatic nitrogens is 3. The van der Waals surface area contributed by atoms with Crippen molar-refractivity contribution in [3.8, 4) is 17.1 Å². The van der Waals surface area contributed by atoms with E-state index in [9.17, 15) is 4.79 Å². The lowest BCUT2D eigenvalue weighted by molar-refractivity contribution is -0.117. The number of ether oxygens (including phenoxy) is 1. The van der Waals surface area contributed by atoms with Crippen LogP contribution in [0.5, 0.6) is 5.75 Å². The maximum absolute atomic E-state index is 12.0. The maximum atomic E-state index is 12.0. The van der Waals surface area contributed by atoms with Crippen molar-refractivity contribution in [3.05, 3.63) is 54.1 Å². The highest BCUT2D eigenvalue weighted by Crippen LogP contribution is 2.33. The summed E-state index contributed by atoms with van der Waals surface area (Å²) in [5.74, 6) is 2.34. The summed E-state index contributed by atoms with van der Waals surface area (Å²) >= 11 is 1.61. The number of thioether (sulfide) groups is 1. The average Bonchev–Trinajstić information content (AvgIpc) is 3.40. The van der Waals surface area contributed by atoms with Crippen LogP contribution in [-0.4, -0.2) is 45.4 Å². The summed E-state index contributed by atoms with van der Waals surface area (Å²) < 4.78 is 7.56. The smallest absolute Gasteiger partial charge is 0.227 e. The minimum absolute atomic E-state index is 0.194. The summed E-state index contributed by atoms with van der Waals surface area (Å²) in [6, 6.07) is 15.9. The fourth-order valence-corrected chi connectivity index (χ4v) is 4.56. The normalized spacial score (nSPS) is 15.8. The van der Waals surface area contributed by atoms with E-state index in [1.54, 1.807) is 16.4 Å². The summed E-state index contributed by atoms with van der Waals surface area (Å²) in [6.07, 6.45) is 1.56. The van der Waals surface area contributed by atoms with Crippen LogP contribution in [0, 0.1) is 0 Å². The molecule has 1 fully saturated rings. The third-order valence-electron chi connectivity index (χ3n) is 5.18. The zero-order chi connectivity index (χ0) is 20.5. The van der Waals surface area contributed by atoms with E-state index in [2.05, 4.69) is 10.2 Å². The number of anilines is 1. The number of nitrogens with zero attached hydrogens (tertiary/aromatic N) is 5. The molecular formula is C22H21N5O2S. The Morgan fingerprint density at radius 1 is 1.10 bits per heavy atom. The Bertz CT molecular complexity index is 1120. The largest absolute Gasteiger partial charge is 0.493 e. The van der Waals surface area contributed by atoms with Gasteiger partial charge in [0.2, 0.25) is 11.1 Å². The first-order valence-corrected chi connectivity index (χ1v) is 11.0. The minimum atomic E-state index is 0.194. The molecule has 0 N–H and O–H groups in total. The summed E-state index contributed by atoms with van der Waals surface area (Å²) in [5.41, 5.74) is 3.79. The van der Waals surface area contributed by atoms with Crippen molar-refractivity contribution < 1.29 is 9.53 Å². The number of para-hydroxylation sites is 1. The van der Waals surface area contributed by atoms with Gasteiger partial charge in [-0.25, -0.2) is 0 Å². The summed E-state index contributed by atoms with van der Waals surface area (Å²) in [7, 11) is 0. The molecule has 0 atom stereocenters. The molecule has 1 saturated heterocycles. The lowest BCUT2D eigenvalue weighted by Gasteiger charge is -2.17. The van der Waals surface area contributed by atoms with Crippen LogP contribution in [-0.2, 0) is 4.79 Å². The lowest BCUT2D eigenvalue weighted by atomic mass is 10.1. The lowest BCUT2D eigenvalue weighted by Crippen LogP contribution is -2.23. The molecule has 152 valence electrons. The predicted molar refractivity (Wildman–Crippen MR) is 117 cm³/mol. The van der Waals surface area contributed by atoms with E-state index in [0.717, 1.165) is 46.4 Å². The summed E-state index contributed by atoms with van der Waals surface area (Å²) in [5, 5.41) is 14.3. The van der Waals surface area contributed by atoms with Crippen molar-refractivity contribution in [2.24, 2.45) is 5.10 Å². The van der Waals surface area contributed by atoms with Crippen LogP contribution in [0.2, 0.25) is 0 Å². The highest BCUT2D eigenvalue weighted by Gasteiger charge is 2.24. The highest BCUT2D eigenvalue weighted by molar-refractivity contribution is 7.99. The number of fused-ring (bicyclic) bond motifs is 1. The summed E-state index contributed by atoms with van der Waals surface area (Å²) in [4.78, 5) is 13.8. The van der Waals surface area contributed by atoms with Crippen LogP contribution in [0.4, 0.5) is 5.69 Å². The van der Waals surface area contributed by atoms with Crippen molar-refractivity contribution >= 4 is 29.1 Å². The van der Waals surface area contributed by atoms with Gasteiger partial charge in [0, 0.05) is 24.4 Å². The van der Waals surface area contributed by atoms with Gasteiger partial charge in [-0.15, -0.1) is 10.2 Å². The fourth-order valence-electron chi connectivity index (χ4n) is 3.72. The van der Waals surface area contributed by atoms with Crippen LogP contribution in [0.15, 0.2) is 58.8 Å². The minimum Gasteiger partial charge on any atom is -0.493 e. The molecule has 5 rings (SSSR count). The third kappa shape index (κ3) is 3.37. The average molecular weight is 420 g/mol. The first-order chi connectivity index (χ1) is 14.7. The monoisotopic (exact) mass is 419 g/mol. The van der Waals surface area contributed by atoms with Gasteiger partial charge in [-0.2, -0.15) is 9.78 Å². The molecule has 1 aromatic heterocycles. The first kappa shape index (κ1) is 18.9. The van der Waals surface area contributed by atoms with Gasteiger partial charge in [-0.1, -0.05) is 36.0 Å². The van der Waals surface area contributed by atoms with Gasteiger partial charge in [0.15, 0.2) is 5.82 Å². The highest BCUT2D eigenvalue weighted by atomic mass is 32.2. The Labute approximate surface area is 178 Å². The molecule has 2 aliphatic rings. The molecule has 0 aliphatic carbocycles. The van der Waals surface area contributed by atoms with Gasteiger partial charge in [0.05, 0.1) is 17.9 Å². The van der Waals surface area contributed by atoms with E-state index < -0.39 is 0 Å². The molecule has 0 unspecified atom stereocenters. The number of amides is 1. The molecule has 0 radical (unpaired) electrons. The van der Waals surface area contributed by atoms with Gasteiger partial charge >= 0.3 is 0 Å². The van der Waals surface area contributed by atoms with Crippen molar-refractivity contribution in [1.29, 1.82) is 0 Å². The number of hydrogen-bond donors (Lipinski definition) is 0. The van der Waals surface area contributed by atoms with E-state index in [4.69, 9.17) is 9.84 Å². The van der Waals surface area contributed by atoms with Crippen LogP contribution in [0.25, 0.3) is 11.4 Å². The predicted octanol–water partition coefficient (Wildman–Crippen LogP) is 3.83. The molecule has 1 amide bonds. The Morgan fingerprint density at radius 2 is 1.93 bits per heavy atom. The van der Waals surface area contributed by atoms with Gasteiger partial charge < -0.3 is 9.64 Å². The molecule has 3 heterocycles. The number of hydrogen-bond acceptors (Lipinski definition) is 6. The molecule has 7 nitrogen and oxygen atoms in total. The first-order valence-electron chi connectivity index (χ1n) is 10.0. The maximum Gasteiger partial charge on any atom is 0.227 e. The van der Waals surface area contributed by atoms with Gasteiger partial charge in [0.1, 0.15) is 5.75 Å². The van der Waals surface area contributed by atoms with Crippen LogP contribution in [0.3, 0.4) is 0 Å². The quantitative estimate of drug-likeness (QED) is 0.628. The molecule has 8 heteroatoms. The Balaban J connectivity index is 1.48. The standard InChI is InChI=1S/C22H21N5O2S/c1-2-29-19-7-4-3-6-17(19)21-23-24-22-27(21)25-18(14-30-22)15-9-11-16(12-10-15)26-13-5-8-20(26)28/h3-4,6-7,9-12H,2,5,8,13-14H2,1H3. The van der Waals surface area contributed by atoms with Crippen LogP contribution in [0.1, 0.15) is 25.3 Å². The Morgan fingerprint density at radius 3 is 2.70 bits per heavy atom. The molecule has 2 aliphatic heterocycles. The van der Waals surface area contributed by atoms with Crippen LogP contribution < -0.4 is 9.64 Å². The Kier molecular flexibility index (Phi) is 5.00. The Hall–Kier alpha value is -3.13. The molecule has 0 spiro atoms. The van der Waals surface area contributed by atoms with E-state index >= 15 is 0 Å². The molecular weight excluding hydrogens is 398 g/mol. The number of rotatable bonds is 5. The number of carbonyl (C=O) groups is 1. The number of benzene rings is 2. The second-order valence-corrected chi connectivity index (χ2v) is 8.02. The van der Waals surface area contributed by atoms with Gasteiger partial charge in [-0.3, -0.25) is 4.79 Å². The van der Waals surface area contributed by atoms with Gasteiger partial charge in [0.25, 0.3) is 0 Å². The SMILES string of the molecule is CCOc1ccccc1-c1nnc2n1N=C(c1ccc(N3CCCC3=O)cc1)CS2. The van der Waals surface area contributed by atoms with E-state index in [0.29, 0.717) is 24.6 Å². The summed E-state index contributed by atoms with van der Waals surface area (Å²) in [6.45, 7) is 3.33. The topological polar surface area (TPSA) is 72.6 Å². The van der Waals surface area contributed by atoms with Crippen molar-refractivity contribution in [2.75, 3.05) is 23.8 Å². The van der Waals surface area contributed by atoms with E-state index in [1.807, 2.05) is 60.4 Å². The zero-order valence-corrected chi connectivity index (χ0v) is 17.4. The second-order valence-electron chi connectivity index (χ2n) is 7.08. The number of carbonyl (C=O) groups excluding carboxylic acids is 1. The van der Waals surface area contributed by atoms with E-state index in [-0.39, 0.29) is 5.91 Å². The van der Waals surface area contributed by atoms with Crippen molar-refractivity contribution in [3.63, 3.8) is 0 Å². The fraction of sp³-hybridized carbons (Fsp3) is 0.273. The molecule has 0 saturated carbocycles. The molecule has 3 aromatic rings. The molecule has 0 bridgehead atoms. The molecule has 30 heavy (non-hydrogen) atoms. The second kappa shape index (κ2) is 7.95. The molecule has 2 aromatic carbocycles. The van der Waals surface area contributed by atoms with Crippen molar-refractivity contribution in [1.82, 2.24) is 14.9 Å². The zero-order valence-electron chi connectivity index (χ0n) is 16.6. The van der Waals surface area contributed by atoms with Gasteiger partial charge in [-0.05, 0) is 43.2 Å². The third-order valence-corrected chi connectivity index (χ3v) is 6.11.